The summed E-state index contributed by atoms with van der Waals surface area (Å²) in [6, 6.07) is 11.5. The lowest BCUT2D eigenvalue weighted by molar-refractivity contribution is -0.133. The van der Waals surface area contributed by atoms with Gasteiger partial charge in [0.1, 0.15) is 12.3 Å². The Kier molecular flexibility index (Phi) is 6.00. The Labute approximate surface area is 186 Å². The number of fused-ring (bicyclic) bond motifs is 1. The lowest BCUT2D eigenvalue weighted by Crippen LogP contribution is -2.54. The molecule has 2 N–H and O–H groups in total. The molecule has 3 rings (SSSR count). The van der Waals surface area contributed by atoms with Crippen molar-refractivity contribution in [1.82, 2.24) is 5.32 Å². The number of anilines is 2. The van der Waals surface area contributed by atoms with E-state index in [0.717, 1.165) is 0 Å². The van der Waals surface area contributed by atoms with E-state index in [9.17, 15) is 14.4 Å². The van der Waals surface area contributed by atoms with Gasteiger partial charge in [-0.3, -0.25) is 19.3 Å². The molecular formula is C23H26ClN3O4. The topological polar surface area (TPSA) is 87.7 Å². The fraction of sp³-hybridized carbons (Fsp3) is 0.348. The molecule has 0 spiro atoms. The minimum atomic E-state index is -1.15. The Morgan fingerprint density at radius 3 is 2.35 bits per heavy atom. The number of benzene rings is 2. The van der Waals surface area contributed by atoms with Crippen LogP contribution in [0.3, 0.4) is 0 Å². The van der Waals surface area contributed by atoms with Crippen molar-refractivity contribution in [3.05, 3.63) is 53.1 Å². The monoisotopic (exact) mass is 443 g/mol. The van der Waals surface area contributed by atoms with Gasteiger partial charge in [0.25, 0.3) is 11.8 Å². The minimum absolute atomic E-state index is 0.231. The standard InChI is InChI=1S/C23H26ClN3O4/c1-22(2,3)26-20(29)14-6-11-18-17(12-14)27(21(30)23(4,5)31-18)13-19(28)25-16-9-7-15(24)8-10-16/h6-12H,13H2,1-5H3,(H,25,28)(H,26,29). The van der Waals surface area contributed by atoms with Crippen LogP contribution in [0, 0.1) is 0 Å². The second-order valence-corrected chi connectivity index (χ2v) is 9.38. The van der Waals surface area contributed by atoms with Crippen molar-refractivity contribution in [2.45, 2.75) is 45.8 Å². The number of carbonyl (C=O) groups is 3. The van der Waals surface area contributed by atoms with E-state index in [1.54, 1.807) is 56.3 Å². The Morgan fingerprint density at radius 2 is 1.74 bits per heavy atom. The molecule has 0 saturated heterocycles. The van der Waals surface area contributed by atoms with Crippen LogP contribution in [0.5, 0.6) is 5.75 Å². The molecule has 0 aromatic heterocycles. The molecule has 0 radical (unpaired) electrons. The molecule has 164 valence electrons. The van der Waals surface area contributed by atoms with Crippen molar-refractivity contribution in [2.24, 2.45) is 0 Å². The lowest BCUT2D eigenvalue weighted by Gasteiger charge is -2.38. The normalized spacial score (nSPS) is 15.0. The summed E-state index contributed by atoms with van der Waals surface area (Å²) in [6.45, 7) is 8.69. The molecule has 1 aliphatic rings. The van der Waals surface area contributed by atoms with Crippen LogP contribution in [-0.2, 0) is 9.59 Å². The largest absolute Gasteiger partial charge is 0.476 e. The number of hydrogen-bond acceptors (Lipinski definition) is 4. The Hall–Kier alpha value is -3.06. The summed E-state index contributed by atoms with van der Waals surface area (Å²) in [7, 11) is 0. The SMILES string of the molecule is CC(C)(C)NC(=O)c1ccc2c(c1)N(CC(=O)Nc1ccc(Cl)cc1)C(=O)C(C)(C)O2. The first-order valence-corrected chi connectivity index (χ1v) is 10.3. The van der Waals surface area contributed by atoms with Crippen LogP contribution in [0.2, 0.25) is 5.02 Å². The molecule has 7 nitrogen and oxygen atoms in total. The number of nitrogens with one attached hydrogen (secondary N) is 2. The molecule has 0 bridgehead atoms. The van der Waals surface area contributed by atoms with E-state index in [1.165, 1.54) is 4.90 Å². The van der Waals surface area contributed by atoms with Crippen LogP contribution in [-0.4, -0.2) is 35.4 Å². The Morgan fingerprint density at radius 1 is 1.10 bits per heavy atom. The van der Waals surface area contributed by atoms with E-state index < -0.39 is 11.1 Å². The van der Waals surface area contributed by atoms with Crippen molar-refractivity contribution in [2.75, 3.05) is 16.8 Å². The molecule has 3 amide bonds. The lowest BCUT2D eigenvalue weighted by atomic mass is 10.0. The van der Waals surface area contributed by atoms with Crippen LogP contribution >= 0.6 is 11.6 Å². The van der Waals surface area contributed by atoms with Gasteiger partial charge in [0.05, 0.1) is 5.69 Å². The van der Waals surface area contributed by atoms with Crippen LogP contribution in [0.4, 0.5) is 11.4 Å². The molecule has 0 atom stereocenters. The summed E-state index contributed by atoms with van der Waals surface area (Å²) < 4.78 is 5.84. The van der Waals surface area contributed by atoms with Gasteiger partial charge in [-0.2, -0.15) is 0 Å². The second kappa shape index (κ2) is 8.23. The molecule has 2 aromatic rings. The zero-order chi connectivity index (χ0) is 23.0. The highest BCUT2D eigenvalue weighted by Gasteiger charge is 2.42. The molecule has 1 heterocycles. The summed E-state index contributed by atoms with van der Waals surface area (Å²) in [5, 5.41) is 6.20. The summed E-state index contributed by atoms with van der Waals surface area (Å²) in [5.74, 6) is -0.613. The molecule has 1 aliphatic heterocycles. The summed E-state index contributed by atoms with van der Waals surface area (Å²) in [4.78, 5) is 39.7. The van der Waals surface area contributed by atoms with Crippen molar-refractivity contribution < 1.29 is 19.1 Å². The van der Waals surface area contributed by atoms with Gasteiger partial charge in [-0.05, 0) is 77.1 Å². The molecule has 0 aliphatic carbocycles. The third-order valence-corrected chi connectivity index (χ3v) is 4.81. The van der Waals surface area contributed by atoms with Crippen molar-refractivity contribution in [1.29, 1.82) is 0 Å². The maximum atomic E-state index is 13.1. The Balaban J connectivity index is 1.89. The van der Waals surface area contributed by atoms with Crippen LogP contribution in [0.15, 0.2) is 42.5 Å². The fourth-order valence-electron chi connectivity index (χ4n) is 3.16. The summed E-state index contributed by atoms with van der Waals surface area (Å²) >= 11 is 5.88. The third-order valence-electron chi connectivity index (χ3n) is 4.56. The molecule has 31 heavy (non-hydrogen) atoms. The molecule has 8 heteroatoms. The third kappa shape index (κ3) is 5.35. The Bertz CT molecular complexity index is 1030. The van der Waals surface area contributed by atoms with E-state index >= 15 is 0 Å². The van der Waals surface area contributed by atoms with Gasteiger partial charge in [0, 0.05) is 21.8 Å². The number of carbonyl (C=O) groups excluding carboxylic acids is 3. The molecule has 0 unspecified atom stereocenters. The van der Waals surface area contributed by atoms with E-state index in [-0.39, 0.29) is 24.3 Å². The first-order chi connectivity index (χ1) is 14.4. The summed E-state index contributed by atoms with van der Waals surface area (Å²) in [6.07, 6.45) is 0. The van der Waals surface area contributed by atoms with Gasteiger partial charge in [-0.25, -0.2) is 0 Å². The highest BCUT2D eigenvalue weighted by Crippen LogP contribution is 2.38. The van der Waals surface area contributed by atoms with E-state index in [2.05, 4.69) is 10.6 Å². The zero-order valence-electron chi connectivity index (χ0n) is 18.2. The second-order valence-electron chi connectivity index (χ2n) is 8.95. The number of rotatable bonds is 4. The minimum Gasteiger partial charge on any atom is -0.476 e. The van der Waals surface area contributed by atoms with Gasteiger partial charge in [0.2, 0.25) is 5.91 Å². The fourth-order valence-corrected chi connectivity index (χ4v) is 3.28. The molecular weight excluding hydrogens is 418 g/mol. The highest BCUT2D eigenvalue weighted by molar-refractivity contribution is 6.30. The van der Waals surface area contributed by atoms with E-state index in [0.29, 0.717) is 27.7 Å². The first-order valence-electron chi connectivity index (χ1n) is 9.89. The first kappa shape index (κ1) is 22.6. The number of ether oxygens (including phenoxy) is 1. The van der Waals surface area contributed by atoms with Gasteiger partial charge in [-0.15, -0.1) is 0 Å². The summed E-state index contributed by atoms with van der Waals surface area (Å²) in [5.41, 5.74) is -0.264. The maximum absolute atomic E-state index is 13.1. The van der Waals surface area contributed by atoms with Crippen LogP contribution < -0.4 is 20.3 Å². The number of amides is 3. The van der Waals surface area contributed by atoms with Crippen molar-refractivity contribution in [3.63, 3.8) is 0 Å². The quantitative estimate of drug-likeness (QED) is 0.747. The van der Waals surface area contributed by atoms with E-state index in [1.807, 2.05) is 20.8 Å². The average molecular weight is 444 g/mol. The van der Waals surface area contributed by atoms with Crippen LogP contribution in [0.1, 0.15) is 45.0 Å². The van der Waals surface area contributed by atoms with Gasteiger partial charge in [0.15, 0.2) is 5.60 Å². The predicted octanol–water partition coefficient (Wildman–Crippen LogP) is 4.01. The molecule has 0 fully saturated rings. The molecule has 0 saturated carbocycles. The predicted molar refractivity (Wildman–Crippen MR) is 121 cm³/mol. The number of nitrogens with zero attached hydrogens (tertiary/aromatic N) is 1. The number of hydrogen-bond donors (Lipinski definition) is 2. The average Bonchev–Trinajstić information content (AvgIpc) is 2.65. The van der Waals surface area contributed by atoms with E-state index in [4.69, 9.17) is 16.3 Å². The van der Waals surface area contributed by atoms with Crippen molar-refractivity contribution >= 4 is 40.7 Å². The van der Waals surface area contributed by atoms with Gasteiger partial charge < -0.3 is 15.4 Å². The smallest absolute Gasteiger partial charge is 0.271 e. The number of halogens is 1. The molecule has 2 aromatic carbocycles. The maximum Gasteiger partial charge on any atom is 0.271 e. The highest BCUT2D eigenvalue weighted by atomic mass is 35.5. The van der Waals surface area contributed by atoms with Gasteiger partial charge in [-0.1, -0.05) is 11.6 Å². The zero-order valence-corrected chi connectivity index (χ0v) is 19.0. The van der Waals surface area contributed by atoms with Crippen molar-refractivity contribution in [3.8, 4) is 5.75 Å². The van der Waals surface area contributed by atoms with Gasteiger partial charge >= 0.3 is 0 Å². The van der Waals surface area contributed by atoms with Crippen LogP contribution in [0.25, 0.3) is 0 Å².